The van der Waals surface area contributed by atoms with Gasteiger partial charge in [-0.15, -0.1) is 0 Å². The van der Waals surface area contributed by atoms with Gasteiger partial charge in [0.2, 0.25) is 0 Å². The zero-order valence-corrected chi connectivity index (χ0v) is 20.2. The van der Waals surface area contributed by atoms with Gasteiger partial charge in [0.05, 0.1) is 15.1 Å². The van der Waals surface area contributed by atoms with Crippen LogP contribution in [0.5, 0.6) is 0 Å². The Kier molecular flexibility index (Phi) is 2.51. The second-order valence-corrected chi connectivity index (χ2v) is 10.1. The zero-order valence-electron chi connectivity index (χ0n) is 31.2. The number of benzene rings is 7. The molecule has 0 nitrogen and oxygen atoms in total. The summed E-state index contributed by atoms with van der Waals surface area (Å²) in [5, 5.41) is 1.73. The third kappa shape index (κ3) is 2.79. The molecule has 0 fully saturated rings. The summed E-state index contributed by atoms with van der Waals surface area (Å²) in [5.41, 5.74) is 4.46. The molecule has 7 aromatic rings. The van der Waals surface area contributed by atoms with Crippen molar-refractivity contribution in [2.45, 2.75) is 19.3 Å². The highest BCUT2D eigenvalue weighted by atomic mass is 14.4. The van der Waals surface area contributed by atoms with Gasteiger partial charge in [-0.1, -0.05) is 123 Å². The van der Waals surface area contributed by atoms with E-state index in [0.717, 1.165) is 33.0 Å². The van der Waals surface area contributed by atoms with Crippen molar-refractivity contribution < 1.29 is 15.1 Å². The highest BCUT2D eigenvalue weighted by Crippen LogP contribution is 2.52. The lowest BCUT2D eigenvalue weighted by molar-refractivity contribution is 0.661. The molecule has 7 aromatic carbocycles. The van der Waals surface area contributed by atoms with Crippen LogP contribution in [0.3, 0.4) is 0 Å². The molecule has 0 aromatic heterocycles. The standard InChI is InChI=1S/C37H26/c1-37(2)33-20-17-24-10-4-7-13-28(24)36(33)31-19-16-26(22-34(31)37)35-29-14-8-5-11-25(29)21-32-27-12-6-3-9-23(27)15-18-30(32)35/h3-22H,1-2H3/i3D,5D,6D,8D,9D,11D,12D,14D,15D,18D,21D. The van der Waals surface area contributed by atoms with Crippen molar-refractivity contribution in [3.05, 3.63) is 132 Å². The summed E-state index contributed by atoms with van der Waals surface area (Å²) in [5.74, 6) is 0. The van der Waals surface area contributed by atoms with Gasteiger partial charge in [-0.3, -0.25) is 0 Å². The van der Waals surface area contributed by atoms with Gasteiger partial charge in [0.25, 0.3) is 0 Å². The lowest BCUT2D eigenvalue weighted by atomic mass is 9.80. The molecule has 37 heavy (non-hydrogen) atoms. The van der Waals surface area contributed by atoms with Gasteiger partial charge in [-0.05, 0) is 88.6 Å². The first-order valence-electron chi connectivity index (χ1n) is 17.7. The molecule has 0 heteroatoms. The van der Waals surface area contributed by atoms with E-state index in [1.165, 1.54) is 0 Å². The Bertz CT molecular complexity index is 2660. The monoisotopic (exact) mass is 481 g/mol. The zero-order chi connectivity index (χ0) is 34.3. The van der Waals surface area contributed by atoms with E-state index in [2.05, 4.69) is 38.1 Å². The Morgan fingerprint density at radius 2 is 1.32 bits per heavy atom. The topological polar surface area (TPSA) is 0 Å². The van der Waals surface area contributed by atoms with Crippen LogP contribution in [0.1, 0.15) is 40.1 Å². The molecule has 0 saturated carbocycles. The van der Waals surface area contributed by atoms with Crippen molar-refractivity contribution in [3.8, 4) is 22.3 Å². The number of rotatable bonds is 1. The van der Waals surface area contributed by atoms with Crippen LogP contribution in [0.15, 0.2) is 121 Å². The molecule has 0 heterocycles. The fourth-order valence-corrected chi connectivity index (χ4v) is 6.01. The molecule has 8 rings (SSSR count). The minimum atomic E-state index is -0.567. The van der Waals surface area contributed by atoms with Crippen molar-refractivity contribution in [1.29, 1.82) is 0 Å². The maximum absolute atomic E-state index is 9.34. The van der Waals surface area contributed by atoms with Crippen molar-refractivity contribution in [3.63, 3.8) is 0 Å². The van der Waals surface area contributed by atoms with E-state index in [9.17, 15) is 2.74 Å². The van der Waals surface area contributed by atoms with Gasteiger partial charge in [0.15, 0.2) is 0 Å². The van der Waals surface area contributed by atoms with Gasteiger partial charge in [-0.2, -0.15) is 0 Å². The maximum Gasteiger partial charge on any atom is 0.0636 e. The Labute approximate surface area is 232 Å². The molecule has 0 aliphatic heterocycles. The van der Waals surface area contributed by atoms with Gasteiger partial charge in [0, 0.05) is 5.41 Å². The van der Waals surface area contributed by atoms with Crippen LogP contribution in [0.25, 0.3) is 65.3 Å². The lowest BCUT2D eigenvalue weighted by Crippen LogP contribution is -2.15. The summed E-state index contributed by atoms with van der Waals surface area (Å²) in [6.45, 7) is 4.24. The summed E-state index contributed by atoms with van der Waals surface area (Å²) < 4.78 is 96.6. The first-order chi connectivity index (χ1) is 22.7. The van der Waals surface area contributed by atoms with Crippen molar-refractivity contribution in [1.82, 2.24) is 0 Å². The first-order valence-corrected chi connectivity index (χ1v) is 12.2. The summed E-state index contributed by atoms with van der Waals surface area (Å²) in [7, 11) is 0. The predicted molar refractivity (Wildman–Crippen MR) is 159 cm³/mol. The third-order valence-electron chi connectivity index (χ3n) is 7.79. The largest absolute Gasteiger partial charge is 0.0636 e. The van der Waals surface area contributed by atoms with E-state index in [1.807, 2.05) is 30.3 Å². The molecule has 0 atom stereocenters. The molecular weight excluding hydrogens is 444 g/mol. The quantitative estimate of drug-likeness (QED) is 0.162. The van der Waals surface area contributed by atoms with Crippen LogP contribution in [0, 0.1) is 0 Å². The second-order valence-electron chi connectivity index (χ2n) is 10.1. The molecule has 0 spiro atoms. The first kappa shape index (κ1) is 12.7. The van der Waals surface area contributed by atoms with Crippen LogP contribution in [0.4, 0.5) is 0 Å². The van der Waals surface area contributed by atoms with Crippen LogP contribution in [0.2, 0.25) is 0 Å². The highest BCUT2D eigenvalue weighted by molar-refractivity contribution is 6.20. The Hall–Kier alpha value is -4.42. The van der Waals surface area contributed by atoms with E-state index in [-0.39, 0.29) is 43.9 Å². The molecule has 0 unspecified atom stereocenters. The molecule has 0 saturated heterocycles. The average molecular weight is 482 g/mol. The van der Waals surface area contributed by atoms with Crippen LogP contribution in [-0.2, 0) is 5.41 Å². The molecule has 0 radical (unpaired) electrons. The Balaban J connectivity index is 1.62. The van der Waals surface area contributed by atoms with E-state index < -0.39 is 65.8 Å². The van der Waals surface area contributed by atoms with Gasteiger partial charge < -0.3 is 0 Å². The highest BCUT2D eigenvalue weighted by Gasteiger charge is 2.36. The normalized spacial score (nSPS) is 18.1. The Morgan fingerprint density at radius 1 is 0.541 bits per heavy atom. The fourth-order valence-electron chi connectivity index (χ4n) is 6.01. The van der Waals surface area contributed by atoms with Crippen LogP contribution >= 0.6 is 0 Å². The van der Waals surface area contributed by atoms with Gasteiger partial charge in [0.1, 0.15) is 0 Å². The minimum Gasteiger partial charge on any atom is -0.0616 e. The number of hydrogen-bond donors (Lipinski definition) is 0. The minimum absolute atomic E-state index is 0.0188. The third-order valence-corrected chi connectivity index (χ3v) is 7.79. The smallest absolute Gasteiger partial charge is 0.0616 e. The molecule has 0 bridgehead atoms. The van der Waals surface area contributed by atoms with Gasteiger partial charge in [-0.25, -0.2) is 0 Å². The molecule has 0 N–H and O–H groups in total. The van der Waals surface area contributed by atoms with E-state index in [1.54, 1.807) is 0 Å². The van der Waals surface area contributed by atoms with E-state index in [4.69, 9.17) is 12.3 Å². The molecular formula is C37H26. The van der Waals surface area contributed by atoms with Crippen molar-refractivity contribution in [2.75, 3.05) is 0 Å². The van der Waals surface area contributed by atoms with E-state index in [0.29, 0.717) is 5.56 Å². The Morgan fingerprint density at radius 3 is 2.22 bits per heavy atom. The van der Waals surface area contributed by atoms with Crippen molar-refractivity contribution in [2.24, 2.45) is 0 Å². The van der Waals surface area contributed by atoms with Crippen molar-refractivity contribution >= 4 is 43.1 Å². The average Bonchev–Trinajstić information content (AvgIpc) is 3.31. The summed E-state index contributed by atoms with van der Waals surface area (Å²) in [4.78, 5) is 0. The second kappa shape index (κ2) is 7.31. The maximum atomic E-state index is 9.34. The summed E-state index contributed by atoms with van der Waals surface area (Å²) in [6.07, 6.45) is 0. The lowest BCUT2D eigenvalue weighted by Gasteiger charge is -2.22. The van der Waals surface area contributed by atoms with E-state index >= 15 is 0 Å². The summed E-state index contributed by atoms with van der Waals surface area (Å²) in [6, 6.07) is 12.9. The molecule has 174 valence electrons. The van der Waals surface area contributed by atoms with Crippen LogP contribution < -0.4 is 0 Å². The molecule has 1 aliphatic carbocycles. The number of fused-ring (bicyclic) bond motifs is 9. The van der Waals surface area contributed by atoms with Gasteiger partial charge >= 0.3 is 0 Å². The predicted octanol–water partition coefficient (Wildman–Crippen LogP) is 10.3. The molecule has 1 aliphatic rings. The number of hydrogen-bond acceptors (Lipinski definition) is 0. The SMILES string of the molecule is [2H]c1c([2H])c([2H])c2c([2H])c3c(c([2H])c([2H])c4c([2H])c([2H])c([2H])c([2H])c43)c(-c3ccc4c(c3)C(C)(C)c3ccc5ccccc5c3-4)c2c1[2H]. The van der Waals surface area contributed by atoms with Crippen LogP contribution in [-0.4, -0.2) is 0 Å². The summed E-state index contributed by atoms with van der Waals surface area (Å²) >= 11 is 0. The fraction of sp³-hybridized carbons (Fsp3) is 0.0811. The molecule has 0 amide bonds.